The van der Waals surface area contributed by atoms with Crippen molar-refractivity contribution in [1.29, 1.82) is 0 Å². The highest BCUT2D eigenvalue weighted by molar-refractivity contribution is 5.23. The van der Waals surface area contributed by atoms with E-state index in [2.05, 4.69) is 4.98 Å². The molecule has 0 amide bonds. The molecule has 2 aromatic rings. The number of alkyl halides is 3. The summed E-state index contributed by atoms with van der Waals surface area (Å²) < 4.78 is 64.7. The van der Waals surface area contributed by atoms with Gasteiger partial charge in [0.15, 0.2) is 0 Å². The van der Waals surface area contributed by atoms with E-state index in [0.29, 0.717) is 12.1 Å². The van der Waals surface area contributed by atoms with Gasteiger partial charge in [-0.15, -0.1) is 0 Å². The molecular weight excluding hydrogens is 333 g/mol. The molecule has 9 heteroatoms. The van der Waals surface area contributed by atoms with Crippen LogP contribution in [0.25, 0.3) is 0 Å². The fourth-order valence-corrected chi connectivity index (χ4v) is 2.72. The molecule has 0 radical (unpaired) electrons. The lowest BCUT2D eigenvalue weighted by Gasteiger charge is -2.27. The number of aromatic amines is 1. The topological polar surface area (TPSA) is 49.0 Å². The summed E-state index contributed by atoms with van der Waals surface area (Å²) in [6.07, 6.45) is -4.53. The standard InChI is InChI=1S/C15H12F5N3O/c16-9-3-8(4-10(17)5-9)6-23-2-1-11-12(7-23)21-14(15(18,19)20)22-13(11)24/h3-5H,1-2,6-7H2,(H,21,22,24). The zero-order chi connectivity index (χ0) is 17.5. The van der Waals surface area contributed by atoms with Gasteiger partial charge in [0.1, 0.15) is 11.6 Å². The SMILES string of the molecule is O=c1[nH]c(C(F)(F)F)nc2c1CCN(Cc1cc(F)cc(F)c1)C2. The summed E-state index contributed by atoms with van der Waals surface area (Å²) in [4.78, 5) is 18.7. The summed E-state index contributed by atoms with van der Waals surface area (Å²) in [5, 5.41) is 0. The van der Waals surface area contributed by atoms with Gasteiger partial charge >= 0.3 is 6.18 Å². The third kappa shape index (κ3) is 3.45. The Bertz CT molecular complexity index is 811. The van der Waals surface area contributed by atoms with Crippen LogP contribution in [0.15, 0.2) is 23.0 Å². The second-order valence-corrected chi connectivity index (χ2v) is 5.58. The van der Waals surface area contributed by atoms with Gasteiger partial charge in [-0.2, -0.15) is 13.2 Å². The predicted molar refractivity (Wildman–Crippen MR) is 74.0 cm³/mol. The van der Waals surface area contributed by atoms with Crippen LogP contribution in [0.5, 0.6) is 0 Å². The van der Waals surface area contributed by atoms with Gasteiger partial charge in [0, 0.05) is 31.3 Å². The molecule has 128 valence electrons. The molecule has 1 N–H and O–H groups in total. The van der Waals surface area contributed by atoms with Gasteiger partial charge < -0.3 is 4.98 Å². The Morgan fingerprint density at radius 1 is 1.17 bits per heavy atom. The van der Waals surface area contributed by atoms with Gasteiger partial charge in [0.2, 0.25) is 5.82 Å². The average molecular weight is 345 g/mol. The normalized spacial score (nSPS) is 15.4. The van der Waals surface area contributed by atoms with Crippen molar-refractivity contribution in [2.24, 2.45) is 0 Å². The average Bonchev–Trinajstić information content (AvgIpc) is 2.44. The van der Waals surface area contributed by atoms with Crippen molar-refractivity contribution < 1.29 is 22.0 Å². The van der Waals surface area contributed by atoms with Crippen LogP contribution in [-0.2, 0) is 25.7 Å². The third-order valence-corrected chi connectivity index (χ3v) is 3.75. The molecule has 0 atom stereocenters. The quantitative estimate of drug-likeness (QED) is 0.852. The molecule has 1 aliphatic rings. The van der Waals surface area contributed by atoms with Gasteiger partial charge in [-0.25, -0.2) is 13.8 Å². The van der Waals surface area contributed by atoms with Crippen LogP contribution < -0.4 is 5.56 Å². The number of aromatic nitrogens is 2. The van der Waals surface area contributed by atoms with Gasteiger partial charge in [0.25, 0.3) is 5.56 Å². The van der Waals surface area contributed by atoms with Crippen molar-refractivity contribution in [1.82, 2.24) is 14.9 Å². The van der Waals surface area contributed by atoms with Crippen LogP contribution in [0.1, 0.15) is 22.6 Å². The fraction of sp³-hybridized carbons (Fsp3) is 0.333. The zero-order valence-corrected chi connectivity index (χ0v) is 12.3. The Kier molecular flexibility index (Phi) is 4.12. The molecule has 1 aromatic carbocycles. The first-order chi connectivity index (χ1) is 11.2. The largest absolute Gasteiger partial charge is 0.449 e. The second-order valence-electron chi connectivity index (χ2n) is 5.58. The number of rotatable bonds is 2. The Morgan fingerprint density at radius 2 is 1.83 bits per heavy atom. The molecule has 24 heavy (non-hydrogen) atoms. The van der Waals surface area contributed by atoms with E-state index in [4.69, 9.17) is 0 Å². The van der Waals surface area contributed by atoms with Crippen LogP contribution in [0.2, 0.25) is 0 Å². The number of hydrogen-bond donors (Lipinski definition) is 1. The van der Waals surface area contributed by atoms with E-state index in [0.717, 1.165) is 18.2 Å². The molecule has 0 saturated carbocycles. The number of fused-ring (bicyclic) bond motifs is 1. The van der Waals surface area contributed by atoms with Crippen LogP contribution in [0, 0.1) is 11.6 Å². The molecular formula is C15H12F5N3O. The monoisotopic (exact) mass is 345 g/mol. The van der Waals surface area contributed by atoms with Crippen molar-refractivity contribution in [3.05, 3.63) is 62.8 Å². The lowest BCUT2D eigenvalue weighted by Crippen LogP contribution is -2.36. The van der Waals surface area contributed by atoms with E-state index >= 15 is 0 Å². The number of H-pyrrole nitrogens is 1. The first-order valence-electron chi connectivity index (χ1n) is 7.09. The highest BCUT2D eigenvalue weighted by atomic mass is 19.4. The van der Waals surface area contributed by atoms with E-state index in [1.54, 1.807) is 9.88 Å². The smallest absolute Gasteiger partial charge is 0.303 e. The summed E-state index contributed by atoms with van der Waals surface area (Å²) in [5.74, 6) is -2.79. The van der Waals surface area contributed by atoms with Gasteiger partial charge in [-0.3, -0.25) is 9.69 Å². The minimum atomic E-state index is -4.75. The lowest BCUT2D eigenvalue weighted by atomic mass is 10.1. The maximum Gasteiger partial charge on any atom is 0.449 e. The highest BCUT2D eigenvalue weighted by Gasteiger charge is 2.35. The van der Waals surface area contributed by atoms with Crippen molar-refractivity contribution >= 4 is 0 Å². The van der Waals surface area contributed by atoms with Gasteiger partial charge in [0.05, 0.1) is 5.69 Å². The maximum atomic E-state index is 13.2. The number of hydrogen-bond acceptors (Lipinski definition) is 3. The lowest BCUT2D eigenvalue weighted by molar-refractivity contribution is -0.145. The number of benzene rings is 1. The molecule has 3 rings (SSSR count). The Hall–Kier alpha value is -2.29. The van der Waals surface area contributed by atoms with Crippen LogP contribution in [-0.4, -0.2) is 21.4 Å². The minimum absolute atomic E-state index is 0.000462. The molecule has 0 saturated heterocycles. The summed E-state index contributed by atoms with van der Waals surface area (Å²) in [6, 6.07) is 3.06. The Balaban J connectivity index is 1.85. The van der Waals surface area contributed by atoms with Crippen molar-refractivity contribution in [3.63, 3.8) is 0 Å². The molecule has 0 spiro atoms. The molecule has 0 aliphatic carbocycles. The van der Waals surface area contributed by atoms with Crippen molar-refractivity contribution in [3.8, 4) is 0 Å². The zero-order valence-electron chi connectivity index (χ0n) is 12.3. The molecule has 1 aliphatic heterocycles. The summed E-state index contributed by atoms with van der Waals surface area (Å²) in [5.41, 5.74) is -0.195. The molecule has 0 fully saturated rings. The predicted octanol–water partition coefficient (Wildman–Crippen LogP) is 2.63. The third-order valence-electron chi connectivity index (χ3n) is 3.75. The van der Waals surface area contributed by atoms with E-state index in [1.807, 2.05) is 0 Å². The van der Waals surface area contributed by atoms with E-state index < -0.39 is 29.2 Å². The second kappa shape index (κ2) is 5.97. The first kappa shape index (κ1) is 16.6. The number of halogens is 5. The minimum Gasteiger partial charge on any atom is -0.303 e. The summed E-state index contributed by atoms with van der Waals surface area (Å²) >= 11 is 0. The Morgan fingerprint density at radius 3 is 2.46 bits per heavy atom. The number of nitrogens with one attached hydrogen (secondary N) is 1. The van der Waals surface area contributed by atoms with E-state index in [1.165, 1.54) is 0 Å². The molecule has 4 nitrogen and oxygen atoms in total. The summed E-state index contributed by atoms with van der Waals surface area (Å²) in [6.45, 7) is 0.520. The summed E-state index contributed by atoms with van der Waals surface area (Å²) in [7, 11) is 0. The Labute approximate surface area is 132 Å². The van der Waals surface area contributed by atoms with Crippen LogP contribution >= 0.6 is 0 Å². The molecule has 1 aromatic heterocycles. The van der Waals surface area contributed by atoms with E-state index in [-0.39, 0.29) is 30.8 Å². The first-order valence-corrected chi connectivity index (χ1v) is 7.09. The maximum absolute atomic E-state index is 13.2. The van der Waals surface area contributed by atoms with E-state index in [9.17, 15) is 26.7 Å². The molecule has 0 bridgehead atoms. The highest BCUT2D eigenvalue weighted by Crippen LogP contribution is 2.27. The van der Waals surface area contributed by atoms with Crippen molar-refractivity contribution in [2.75, 3.05) is 6.54 Å². The molecule has 0 unspecified atom stereocenters. The van der Waals surface area contributed by atoms with Crippen molar-refractivity contribution in [2.45, 2.75) is 25.7 Å². The van der Waals surface area contributed by atoms with Gasteiger partial charge in [-0.1, -0.05) is 0 Å². The number of nitrogens with zero attached hydrogens (tertiary/aromatic N) is 2. The molecule has 2 heterocycles. The fourth-order valence-electron chi connectivity index (χ4n) is 2.72. The van der Waals surface area contributed by atoms with Crippen LogP contribution in [0.4, 0.5) is 22.0 Å². The van der Waals surface area contributed by atoms with Gasteiger partial charge in [-0.05, 0) is 24.1 Å². The van der Waals surface area contributed by atoms with Crippen LogP contribution in [0.3, 0.4) is 0 Å².